The largest absolute Gasteiger partial charge is 0.469 e. The van der Waals surface area contributed by atoms with Crippen molar-refractivity contribution in [1.29, 1.82) is 0 Å². The van der Waals surface area contributed by atoms with Gasteiger partial charge in [-0.25, -0.2) is 4.57 Å². The van der Waals surface area contributed by atoms with E-state index in [2.05, 4.69) is 50.4 Å². The molecule has 2 aliphatic carbocycles. The number of benzene rings is 1. The van der Waals surface area contributed by atoms with Gasteiger partial charge >= 0.3 is 7.82 Å². The Morgan fingerprint density at radius 2 is 1.96 bits per heavy atom. The van der Waals surface area contributed by atoms with E-state index in [0.29, 0.717) is 16.7 Å². The molecule has 0 spiro atoms. The summed E-state index contributed by atoms with van der Waals surface area (Å²) in [4.78, 5) is 15.8. The van der Waals surface area contributed by atoms with Crippen LogP contribution in [0, 0.1) is 11.3 Å². The van der Waals surface area contributed by atoms with Crippen LogP contribution in [-0.4, -0.2) is 22.9 Å². The summed E-state index contributed by atoms with van der Waals surface area (Å²) in [5.74, 6) is 1.38. The predicted molar refractivity (Wildman–Crippen MR) is 114 cm³/mol. The summed E-state index contributed by atoms with van der Waals surface area (Å²) in [6.07, 6.45) is 6.53. The van der Waals surface area contributed by atoms with E-state index < -0.39 is 7.82 Å². The standard InChI is InChI=1S/C20H31N.C2H7O4P/c1-14(2)15-6-8-17-16(12-15)7-9-18-19(3,13-21)10-5-11-20(17,18)4;1-2-6-7(3,4)5/h6,8,12,14,18H,5,7,9-11,13,21H2,1-4H3;2H2,1H3,(H2,3,4,5). The second kappa shape index (κ2) is 8.97. The molecule has 1 aromatic carbocycles. The van der Waals surface area contributed by atoms with Crippen molar-refractivity contribution in [2.45, 2.75) is 78.1 Å². The maximum Gasteiger partial charge on any atom is 0.469 e. The molecule has 3 rings (SSSR count). The van der Waals surface area contributed by atoms with E-state index >= 15 is 0 Å². The van der Waals surface area contributed by atoms with Gasteiger partial charge in [0.25, 0.3) is 0 Å². The molecule has 0 bridgehead atoms. The van der Waals surface area contributed by atoms with Gasteiger partial charge in [0, 0.05) is 0 Å². The van der Waals surface area contributed by atoms with E-state index in [1.165, 1.54) is 44.6 Å². The third kappa shape index (κ3) is 5.06. The fraction of sp³-hybridized carbons (Fsp3) is 0.727. The Bertz CT molecular complexity index is 716. The normalized spacial score (nSPS) is 29.5. The van der Waals surface area contributed by atoms with E-state index in [4.69, 9.17) is 15.5 Å². The van der Waals surface area contributed by atoms with Gasteiger partial charge in [-0.1, -0.05) is 52.3 Å². The minimum atomic E-state index is -4.17. The lowest BCUT2D eigenvalue weighted by Crippen LogP contribution is -2.51. The van der Waals surface area contributed by atoms with Crippen LogP contribution in [0.4, 0.5) is 0 Å². The van der Waals surface area contributed by atoms with Gasteiger partial charge in [-0.3, -0.25) is 4.52 Å². The minimum absolute atomic E-state index is 0.0459. The number of aryl methyl sites for hydroxylation is 1. The van der Waals surface area contributed by atoms with Crippen molar-refractivity contribution >= 4 is 7.82 Å². The Kier molecular flexibility index (Phi) is 7.55. The highest BCUT2D eigenvalue weighted by Crippen LogP contribution is 2.56. The summed E-state index contributed by atoms with van der Waals surface area (Å²) in [6.45, 7) is 11.9. The smallest absolute Gasteiger partial charge is 0.330 e. The number of fused-ring (bicyclic) bond motifs is 3. The zero-order chi connectivity index (χ0) is 21.2. The molecule has 6 heteroatoms. The fourth-order valence-electron chi connectivity index (χ4n) is 5.42. The second-order valence-electron chi connectivity index (χ2n) is 9.20. The number of phosphoric acid groups is 1. The van der Waals surface area contributed by atoms with Gasteiger partial charge in [0.2, 0.25) is 0 Å². The average Bonchev–Trinajstić information content (AvgIpc) is 2.60. The van der Waals surface area contributed by atoms with Gasteiger partial charge in [-0.05, 0) is 78.5 Å². The third-order valence-electron chi connectivity index (χ3n) is 6.93. The van der Waals surface area contributed by atoms with Gasteiger partial charge in [-0.2, -0.15) is 0 Å². The Labute approximate surface area is 170 Å². The topological polar surface area (TPSA) is 92.8 Å². The highest BCUT2D eigenvalue weighted by atomic mass is 31.2. The van der Waals surface area contributed by atoms with Gasteiger partial charge in [0.15, 0.2) is 0 Å². The molecule has 160 valence electrons. The van der Waals surface area contributed by atoms with Crippen LogP contribution in [0.1, 0.15) is 82.9 Å². The molecule has 2 aliphatic rings. The molecule has 4 N–H and O–H groups in total. The van der Waals surface area contributed by atoms with Gasteiger partial charge in [0.1, 0.15) is 0 Å². The van der Waals surface area contributed by atoms with Crippen LogP contribution in [0.5, 0.6) is 0 Å². The molecular weight excluding hydrogens is 373 g/mol. The van der Waals surface area contributed by atoms with Crippen LogP contribution in [0.3, 0.4) is 0 Å². The van der Waals surface area contributed by atoms with Crippen molar-refractivity contribution in [1.82, 2.24) is 0 Å². The summed E-state index contributed by atoms with van der Waals surface area (Å²) in [6, 6.07) is 7.29. The highest BCUT2D eigenvalue weighted by Gasteiger charge is 2.50. The predicted octanol–water partition coefficient (Wildman–Crippen LogP) is 4.89. The Morgan fingerprint density at radius 1 is 1.29 bits per heavy atom. The van der Waals surface area contributed by atoms with Crippen molar-refractivity contribution in [2.24, 2.45) is 17.1 Å². The first-order chi connectivity index (χ1) is 13.0. The molecule has 1 fully saturated rings. The van der Waals surface area contributed by atoms with Gasteiger partial charge < -0.3 is 15.5 Å². The van der Waals surface area contributed by atoms with Crippen molar-refractivity contribution in [3.05, 3.63) is 34.9 Å². The summed E-state index contributed by atoms with van der Waals surface area (Å²) in [5, 5.41) is 0. The summed E-state index contributed by atoms with van der Waals surface area (Å²) >= 11 is 0. The van der Waals surface area contributed by atoms with Crippen molar-refractivity contribution in [2.75, 3.05) is 13.2 Å². The summed E-state index contributed by atoms with van der Waals surface area (Å²) < 4.78 is 13.6. The van der Waals surface area contributed by atoms with Crippen LogP contribution < -0.4 is 5.73 Å². The number of phosphoric ester groups is 1. The molecule has 3 unspecified atom stereocenters. The first-order valence-electron chi connectivity index (χ1n) is 10.5. The lowest BCUT2D eigenvalue weighted by Gasteiger charge is -2.55. The number of hydrogen-bond donors (Lipinski definition) is 3. The van der Waals surface area contributed by atoms with Crippen LogP contribution >= 0.6 is 7.82 Å². The van der Waals surface area contributed by atoms with Crippen molar-refractivity contribution < 1.29 is 18.9 Å². The molecule has 0 saturated heterocycles. The molecule has 28 heavy (non-hydrogen) atoms. The molecule has 0 amide bonds. The van der Waals surface area contributed by atoms with Crippen LogP contribution in [0.15, 0.2) is 18.2 Å². The first kappa shape index (κ1) is 23.6. The lowest BCUT2D eigenvalue weighted by molar-refractivity contribution is 0.0326. The van der Waals surface area contributed by atoms with E-state index in [9.17, 15) is 4.57 Å². The molecule has 5 nitrogen and oxygen atoms in total. The van der Waals surface area contributed by atoms with E-state index in [1.54, 1.807) is 11.1 Å². The molecule has 0 radical (unpaired) electrons. The number of rotatable bonds is 4. The molecule has 1 saturated carbocycles. The maximum atomic E-state index is 9.70. The van der Waals surface area contributed by atoms with Crippen molar-refractivity contribution in [3.63, 3.8) is 0 Å². The zero-order valence-corrected chi connectivity index (χ0v) is 19.0. The number of hydrogen-bond acceptors (Lipinski definition) is 3. The van der Waals surface area contributed by atoms with E-state index in [0.717, 1.165) is 12.5 Å². The van der Waals surface area contributed by atoms with Crippen LogP contribution in [-0.2, 0) is 20.9 Å². The Hall–Kier alpha value is -0.710. The number of nitrogens with two attached hydrogens (primary N) is 1. The van der Waals surface area contributed by atoms with E-state index in [-0.39, 0.29) is 6.61 Å². The Morgan fingerprint density at radius 3 is 2.46 bits per heavy atom. The molecule has 3 atom stereocenters. The van der Waals surface area contributed by atoms with Crippen molar-refractivity contribution in [3.8, 4) is 0 Å². The molecule has 1 aromatic rings. The minimum Gasteiger partial charge on any atom is -0.330 e. The third-order valence-corrected chi connectivity index (χ3v) is 7.53. The zero-order valence-electron chi connectivity index (χ0n) is 18.1. The average molecular weight is 412 g/mol. The maximum absolute atomic E-state index is 9.70. The van der Waals surface area contributed by atoms with Gasteiger partial charge in [-0.15, -0.1) is 0 Å². The molecule has 0 aromatic heterocycles. The lowest BCUT2D eigenvalue weighted by atomic mass is 9.50. The highest BCUT2D eigenvalue weighted by molar-refractivity contribution is 7.46. The molecule has 0 aliphatic heterocycles. The van der Waals surface area contributed by atoms with Crippen LogP contribution in [0.25, 0.3) is 0 Å². The summed E-state index contributed by atoms with van der Waals surface area (Å²) in [7, 11) is -4.17. The Balaban J connectivity index is 0.000000345. The van der Waals surface area contributed by atoms with Crippen LogP contribution in [0.2, 0.25) is 0 Å². The quantitative estimate of drug-likeness (QED) is 0.613. The monoisotopic (exact) mass is 411 g/mol. The summed E-state index contributed by atoms with van der Waals surface area (Å²) in [5.41, 5.74) is 11.6. The first-order valence-corrected chi connectivity index (χ1v) is 12.0. The van der Waals surface area contributed by atoms with E-state index in [1.807, 2.05) is 0 Å². The molecule has 0 heterocycles. The fourth-order valence-corrected chi connectivity index (χ4v) is 5.75. The van der Waals surface area contributed by atoms with Gasteiger partial charge in [0.05, 0.1) is 6.61 Å². The molecular formula is C22H38NO4P. The SMILES string of the molecule is CC(C)c1ccc2c(c1)CCC1C(C)(CN)CCCC21C.CCOP(=O)(O)O. The second-order valence-corrected chi connectivity index (χ2v) is 10.4.